The molecule has 1 aromatic rings. The van der Waals surface area contributed by atoms with Crippen LogP contribution in [0.15, 0.2) is 18.7 Å². The summed E-state index contributed by atoms with van der Waals surface area (Å²) in [5.74, 6) is 0. The molecule has 0 fully saturated rings. The molecule has 1 heterocycles. The number of rotatable bonds is 3. The zero-order valence-electron chi connectivity index (χ0n) is 6.50. The third-order valence-electron chi connectivity index (χ3n) is 1.37. The lowest BCUT2D eigenvalue weighted by Crippen LogP contribution is -3.00. The van der Waals surface area contributed by atoms with Gasteiger partial charge in [-0.3, -0.25) is 0 Å². The van der Waals surface area contributed by atoms with Crippen molar-refractivity contribution in [3.8, 4) is 0 Å². The first-order valence-electron chi connectivity index (χ1n) is 3.40. The van der Waals surface area contributed by atoms with Crippen LogP contribution in [-0.2, 0) is 13.6 Å². The van der Waals surface area contributed by atoms with E-state index in [0.29, 0.717) is 0 Å². The van der Waals surface area contributed by atoms with Crippen LogP contribution in [0.25, 0.3) is 0 Å². The Bertz CT molecular complexity index is 198. The molecule has 2 nitrogen and oxygen atoms in total. The van der Waals surface area contributed by atoms with Gasteiger partial charge in [0.2, 0.25) is 6.33 Å². The van der Waals surface area contributed by atoms with Crippen LogP contribution in [0.1, 0.15) is 6.42 Å². The molecule has 0 amide bonds. The van der Waals surface area contributed by atoms with Crippen LogP contribution in [0.2, 0.25) is 0 Å². The summed E-state index contributed by atoms with van der Waals surface area (Å²) < 4.78 is 5.51. The maximum absolute atomic E-state index is 2.40. The third-order valence-corrected chi connectivity index (χ3v) is 2.14. The van der Waals surface area contributed by atoms with Crippen LogP contribution in [0.5, 0.6) is 0 Å². The van der Waals surface area contributed by atoms with E-state index in [2.05, 4.69) is 50.4 Å². The summed E-state index contributed by atoms with van der Waals surface area (Å²) in [5.41, 5.74) is 0. The van der Waals surface area contributed by atoms with Gasteiger partial charge in [-0.25, -0.2) is 9.13 Å². The van der Waals surface area contributed by atoms with Gasteiger partial charge in [0.05, 0.1) is 13.6 Å². The molecule has 0 N–H and O–H groups in total. The van der Waals surface area contributed by atoms with Gasteiger partial charge in [-0.15, -0.1) is 0 Å². The molecular formula is C7H12I2N2. The SMILES string of the molecule is C[n+]1ccn(CCCI)c1.[I-]. The lowest BCUT2D eigenvalue weighted by atomic mass is 10.5. The van der Waals surface area contributed by atoms with E-state index in [1.807, 2.05) is 7.05 Å². The molecule has 0 spiro atoms. The molecule has 0 saturated heterocycles. The number of hydrogen-bond acceptors (Lipinski definition) is 0. The van der Waals surface area contributed by atoms with Gasteiger partial charge in [-0.2, -0.15) is 0 Å². The Hall–Kier alpha value is 0.670. The predicted molar refractivity (Wildman–Crippen MR) is 49.1 cm³/mol. The van der Waals surface area contributed by atoms with Crippen LogP contribution >= 0.6 is 22.6 Å². The zero-order chi connectivity index (χ0) is 7.40. The lowest BCUT2D eigenvalue weighted by Gasteiger charge is -1.89. The number of imidazole rings is 1. The van der Waals surface area contributed by atoms with Gasteiger partial charge < -0.3 is 24.0 Å². The smallest absolute Gasteiger partial charge is 0.243 e. The van der Waals surface area contributed by atoms with Gasteiger partial charge in [0.1, 0.15) is 12.4 Å². The van der Waals surface area contributed by atoms with Gasteiger partial charge in [-0.05, 0) is 6.42 Å². The summed E-state index contributed by atoms with van der Waals surface area (Å²) in [7, 11) is 2.04. The molecule has 0 aromatic carbocycles. The molecule has 0 aliphatic rings. The maximum atomic E-state index is 2.40. The fourth-order valence-corrected chi connectivity index (χ4v) is 1.22. The number of nitrogens with zero attached hydrogens (tertiary/aromatic N) is 2. The Balaban J connectivity index is 0.000001000. The molecule has 11 heavy (non-hydrogen) atoms. The van der Waals surface area contributed by atoms with Crippen LogP contribution in [-0.4, -0.2) is 8.99 Å². The minimum Gasteiger partial charge on any atom is -1.00 e. The summed E-state index contributed by atoms with van der Waals surface area (Å²) in [6.07, 6.45) is 7.53. The third kappa shape index (κ3) is 4.29. The van der Waals surface area contributed by atoms with E-state index in [1.54, 1.807) is 0 Å². The second-order valence-corrected chi connectivity index (χ2v) is 3.44. The van der Waals surface area contributed by atoms with E-state index in [9.17, 15) is 0 Å². The van der Waals surface area contributed by atoms with Gasteiger partial charge >= 0.3 is 0 Å². The van der Waals surface area contributed by atoms with Crippen molar-refractivity contribution < 1.29 is 28.5 Å². The van der Waals surface area contributed by atoms with Crippen LogP contribution in [0, 0.1) is 0 Å². The number of aryl methyl sites for hydroxylation is 2. The summed E-state index contributed by atoms with van der Waals surface area (Å²) in [6, 6.07) is 0. The van der Waals surface area contributed by atoms with Gasteiger partial charge in [0.15, 0.2) is 0 Å². The fraction of sp³-hybridized carbons (Fsp3) is 0.571. The van der Waals surface area contributed by atoms with Gasteiger partial charge in [0, 0.05) is 4.43 Å². The molecule has 0 unspecified atom stereocenters. The zero-order valence-corrected chi connectivity index (χ0v) is 10.8. The van der Waals surface area contributed by atoms with E-state index >= 15 is 0 Å². The van der Waals surface area contributed by atoms with Crippen LogP contribution < -0.4 is 28.5 Å². The second kappa shape index (κ2) is 6.22. The second-order valence-electron chi connectivity index (χ2n) is 2.36. The molecule has 4 heteroatoms. The average Bonchev–Trinajstić information content (AvgIpc) is 2.31. The van der Waals surface area contributed by atoms with E-state index in [4.69, 9.17) is 0 Å². The first-order chi connectivity index (χ1) is 4.83. The normalized spacial score (nSPS) is 9.27. The molecule has 0 bridgehead atoms. The topological polar surface area (TPSA) is 8.81 Å². The minimum atomic E-state index is 0. The highest BCUT2D eigenvalue weighted by Gasteiger charge is 1.96. The molecule has 0 atom stereocenters. The highest BCUT2D eigenvalue weighted by molar-refractivity contribution is 14.1. The van der Waals surface area contributed by atoms with Crippen molar-refractivity contribution in [3.63, 3.8) is 0 Å². The van der Waals surface area contributed by atoms with E-state index in [0.717, 1.165) is 6.54 Å². The quantitative estimate of drug-likeness (QED) is 0.332. The fourth-order valence-electron chi connectivity index (χ4n) is 0.876. The highest BCUT2D eigenvalue weighted by Crippen LogP contribution is 1.92. The van der Waals surface area contributed by atoms with Crippen molar-refractivity contribution in [1.82, 2.24) is 4.57 Å². The molecular weight excluding hydrogens is 366 g/mol. The average molecular weight is 378 g/mol. The van der Waals surface area contributed by atoms with Crippen molar-refractivity contribution >= 4 is 22.6 Å². The summed E-state index contributed by atoms with van der Waals surface area (Å²) in [4.78, 5) is 0. The Labute approximate surface area is 98.1 Å². The molecule has 1 rings (SSSR count). The van der Waals surface area contributed by atoms with E-state index < -0.39 is 0 Å². The molecule has 0 radical (unpaired) electrons. The Kier molecular flexibility index (Phi) is 6.59. The monoisotopic (exact) mass is 378 g/mol. The first-order valence-corrected chi connectivity index (χ1v) is 4.92. The first kappa shape index (κ1) is 11.7. The summed E-state index contributed by atoms with van der Waals surface area (Å²) >= 11 is 2.40. The molecule has 0 saturated carbocycles. The van der Waals surface area contributed by atoms with E-state index in [1.165, 1.54) is 10.8 Å². The van der Waals surface area contributed by atoms with Gasteiger partial charge in [0.25, 0.3) is 0 Å². The standard InChI is InChI=1S/C7H12IN2.HI/c1-9-5-6-10(7-9)4-2-3-8;/h5-7H,2-4H2,1H3;1H/q+1;/p-1. The summed E-state index contributed by atoms with van der Waals surface area (Å²) in [6.45, 7) is 1.14. The van der Waals surface area contributed by atoms with Crippen LogP contribution in [0.4, 0.5) is 0 Å². The molecule has 0 aliphatic heterocycles. The van der Waals surface area contributed by atoms with Crippen molar-refractivity contribution in [1.29, 1.82) is 0 Å². The molecule has 64 valence electrons. The number of aromatic nitrogens is 2. The predicted octanol–water partition coefficient (Wildman–Crippen LogP) is -1.86. The summed E-state index contributed by atoms with van der Waals surface area (Å²) in [5, 5.41) is 0. The Morgan fingerprint density at radius 1 is 1.55 bits per heavy atom. The molecule has 1 aromatic heterocycles. The largest absolute Gasteiger partial charge is 1.00 e. The molecule has 0 aliphatic carbocycles. The Morgan fingerprint density at radius 3 is 2.73 bits per heavy atom. The van der Waals surface area contributed by atoms with Gasteiger partial charge in [-0.1, -0.05) is 22.6 Å². The van der Waals surface area contributed by atoms with Crippen molar-refractivity contribution in [2.24, 2.45) is 7.05 Å². The van der Waals surface area contributed by atoms with Crippen LogP contribution in [0.3, 0.4) is 0 Å². The maximum Gasteiger partial charge on any atom is 0.243 e. The Morgan fingerprint density at radius 2 is 2.27 bits per heavy atom. The highest BCUT2D eigenvalue weighted by atomic mass is 127. The minimum absolute atomic E-state index is 0. The number of alkyl halides is 1. The van der Waals surface area contributed by atoms with Crippen molar-refractivity contribution in [2.75, 3.05) is 4.43 Å². The van der Waals surface area contributed by atoms with Crippen molar-refractivity contribution in [3.05, 3.63) is 18.7 Å². The van der Waals surface area contributed by atoms with Crippen molar-refractivity contribution in [2.45, 2.75) is 13.0 Å². The van der Waals surface area contributed by atoms with E-state index in [-0.39, 0.29) is 24.0 Å². The lowest BCUT2D eigenvalue weighted by molar-refractivity contribution is -0.671. The number of halogens is 2. The number of hydrogen-bond donors (Lipinski definition) is 0.